The molecular weight excluding hydrogens is 558 g/mol. The normalized spacial score (nSPS) is 17.5. The Morgan fingerprint density at radius 2 is 1.88 bits per heavy atom. The molecule has 0 unspecified atom stereocenters. The van der Waals surface area contributed by atoms with Crippen LogP contribution in [0.1, 0.15) is 69.6 Å². The number of carboxylic acids is 1. The fourth-order valence-electron chi connectivity index (χ4n) is 7.06. The Labute approximate surface area is 261 Å². The summed E-state index contributed by atoms with van der Waals surface area (Å²) in [7, 11) is 0. The zero-order valence-electron chi connectivity index (χ0n) is 26.0. The molecule has 2 fully saturated rings. The minimum absolute atomic E-state index is 0.0619. The fourth-order valence-corrected chi connectivity index (χ4v) is 7.76. The van der Waals surface area contributed by atoms with Crippen molar-refractivity contribution in [2.75, 3.05) is 38.5 Å². The number of aryl methyl sites for hydroxylation is 1. The third-order valence-electron chi connectivity index (χ3n) is 9.47. The molecule has 0 saturated carbocycles. The number of nitrogens with zero attached hydrogens (tertiary/aromatic N) is 6. The Hall–Kier alpha value is -2.66. The second-order valence-corrected chi connectivity index (χ2v) is 13.5. The van der Waals surface area contributed by atoms with Crippen LogP contribution in [0.2, 0.25) is 0 Å². The van der Waals surface area contributed by atoms with Crippen LogP contribution >= 0.6 is 11.8 Å². The number of nitrogens with one attached hydrogen (secondary N) is 1. The SMILES string of the molecule is CCC(CC)N1CCC2(CCN(CCCn3ccnc3CN(Cc3cccc(SCC(=O)O)c3)Cc3ncc[nH]3)C2)CC1. The third-order valence-corrected chi connectivity index (χ3v) is 10.4. The summed E-state index contributed by atoms with van der Waals surface area (Å²) < 4.78 is 2.31. The molecule has 0 aliphatic carbocycles. The summed E-state index contributed by atoms with van der Waals surface area (Å²) in [5.41, 5.74) is 1.69. The van der Waals surface area contributed by atoms with Crippen LogP contribution in [0.4, 0.5) is 0 Å². The molecule has 234 valence electrons. The van der Waals surface area contributed by atoms with Crippen molar-refractivity contribution in [1.82, 2.24) is 34.2 Å². The lowest BCUT2D eigenvalue weighted by atomic mass is 9.77. The number of aromatic nitrogens is 4. The number of carbonyl (C=O) groups is 1. The standard InChI is InChI=1S/C33H49N7O2S/c1-3-28(4-2)39-18-10-33(11-19-39)9-17-37(26-33)15-6-16-40-20-14-36-31(40)24-38(23-30-34-12-13-35-30)22-27-7-5-8-29(21-27)43-25-32(41)42/h5,7-8,12-14,20-21,28H,3-4,6,9-11,15-19,22-26H2,1-2H3,(H,34,35)(H,41,42). The van der Waals surface area contributed by atoms with E-state index in [-0.39, 0.29) is 5.75 Å². The summed E-state index contributed by atoms with van der Waals surface area (Å²) in [5, 5.41) is 9.07. The Morgan fingerprint density at radius 1 is 1.07 bits per heavy atom. The van der Waals surface area contributed by atoms with E-state index in [0.29, 0.717) is 18.5 Å². The van der Waals surface area contributed by atoms with Gasteiger partial charge in [0.05, 0.1) is 18.8 Å². The second-order valence-electron chi connectivity index (χ2n) is 12.4. The summed E-state index contributed by atoms with van der Waals surface area (Å²) in [6.07, 6.45) is 15.4. The number of piperidine rings is 1. The molecular formula is C33H49N7O2S. The van der Waals surface area contributed by atoms with Crippen LogP contribution in [0.5, 0.6) is 0 Å². The smallest absolute Gasteiger partial charge is 0.313 e. The van der Waals surface area contributed by atoms with Crippen LogP contribution in [0.15, 0.2) is 53.9 Å². The first-order valence-corrected chi connectivity index (χ1v) is 17.0. The zero-order chi connectivity index (χ0) is 30.1. The fraction of sp³-hybridized carbons (Fsp3) is 0.606. The van der Waals surface area contributed by atoms with Gasteiger partial charge in [-0.25, -0.2) is 9.97 Å². The van der Waals surface area contributed by atoms with Gasteiger partial charge in [-0.15, -0.1) is 11.8 Å². The molecule has 2 aromatic heterocycles. The molecule has 2 aliphatic rings. The summed E-state index contributed by atoms with van der Waals surface area (Å²) >= 11 is 1.35. The van der Waals surface area contributed by atoms with Gasteiger partial charge in [0.1, 0.15) is 11.6 Å². The molecule has 2 aliphatic heterocycles. The number of likely N-dealkylation sites (tertiary alicyclic amines) is 2. The predicted molar refractivity (Wildman–Crippen MR) is 172 cm³/mol. The number of aliphatic carboxylic acids is 1. The van der Waals surface area contributed by atoms with Crippen molar-refractivity contribution in [2.24, 2.45) is 5.41 Å². The average Bonchev–Trinajstić information content (AvgIpc) is 3.77. The maximum Gasteiger partial charge on any atom is 0.313 e. The number of hydrogen-bond donors (Lipinski definition) is 2. The van der Waals surface area contributed by atoms with Gasteiger partial charge in [-0.1, -0.05) is 26.0 Å². The molecule has 9 nitrogen and oxygen atoms in total. The van der Waals surface area contributed by atoms with Gasteiger partial charge in [-0.3, -0.25) is 9.69 Å². The summed E-state index contributed by atoms with van der Waals surface area (Å²) in [5.74, 6) is 1.24. The highest BCUT2D eigenvalue weighted by Gasteiger charge is 2.40. The van der Waals surface area contributed by atoms with Gasteiger partial charge in [0.25, 0.3) is 0 Å². The molecule has 5 rings (SSSR count). The second kappa shape index (κ2) is 15.4. The Bertz CT molecular complexity index is 1270. The van der Waals surface area contributed by atoms with E-state index in [4.69, 9.17) is 10.1 Å². The molecule has 1 aromatic carbocycles. The number of thioether (sulfide) groups is 1. The zero-order valence-corrected chi connectivity index (χ0v) is 26.8. The van der Waals surface area contributed by atoms with E-state index in [9.17, 15) is 4.79 Å². The van der Waals surface area contributed by atoms with Gasteiger partial charge in [0, 0.05) is 55.4 Å². The lowest BCUT2D eigenvalue weighted by molar-refractivity contribution is -0.133. The number of H-pyrrole nitrogens is 1. The van der Waals surface area contributed by atoms with E-state index in [0.717, 1.165) is 54.2 Å². The number of imidazole rings is 2. The van der Waals surface area contributed by atoms with Gasteiger partial charge in [-0.2, -0.15) is 0 Å². The summed E-state index contributed by atoms with van der Waals surface area (Å²) in [6.45, 7) is 14.0. The first-order valence-electron chi connectivity index (χ1n) is 16.1. The maximum absolute atomic E-state index is 11.0. The average molecular weight is 608 g/mol. The molecule has 0 atom stereocenters. The lowest BCUT2D eigenvalue weighted by Crippen LogP contribution is -2.45. The van der Waals surface area contributed by atoms with Crippen molar-refractivity contribution >= 4 is 17.7 Å². The van der Waals surface area contributed by atoms with Crippen LogP contribution in [0, 0.1) is 5.41 Å². The van der Waals surface area contributed by atoms with E-state index in [2.05, 4.69) is 61.4 Å². The first kappa shape index (κ1) is 31.8. The minimum Gasteiger partial charge on any atom is -0.481 e. The van der Waals surface area contributed by atoms with Crippen LogP contribution in [-0.4, -0.2) is 89.8 Å². The van der Waals surface area contributed by atoms with Crippen molar-refractivity contribution in [3.63, 3.8) is 0 Å². The number of hydrogen-bond acceptors (Lipinski definition) is 7. The Kier molecular flexibility index (Phi) is 11.3. The van der Waals surface area contributed by atoms with Crippen molar-refractivity contribution in [3.8, 4) is 0 Å². The van der Waals surface area contributed by atoms with Crippen molar-refractivity contribution < 1.29 is 9.90 Å². The topological polar surface area (TPSA) is 93.5 Å². The number of rotatable bonds is 16. The van der Waals surface area contributed by atoms with Crippen molar-refractivity contribution in [1.29, 1.82) is 0 Å². The van der Waals surface area contributed by atoms with Gasteiger partial charge < -0.3 is 24.5 Å². The van der Waals surface area contributed by atoms with Crippen LogP contribution < -0.4 is 0 Å². The first-order chi connectivity index (χ1) is 20.9. The molecule has 0 amide bonds. The van der Waals surface area contributed by atoms with Gasteiger partial charge in [-0.05, 0) is 87.8 Å². The van der Waals surface area contributed by atoms with E-state index in [1.807, 2.05) is 24.5 Å². The van der Waals surface area contributed by atoms with Crippen LogP contribution in [0.3, 0.4) is 0 Å². The highest BCUT2D eigenvalue weighted by molar-refractivity contribution is 8.00. The molecule has 1 spiro atoms. The molecule has 4 heterocycles. The molecule has 3 aromatic rings. The molecule has 2 N–H and O–H groups in total. The quantitative estimate of drug-likeness (QED) is 0.211. The number of carboxylic acid groups (broad SMARTS) is 1. The van der Waals surface area contributed by atoms with E-state index >= 15 is 0 Å². The van der Waals surface area contributed by atoms with Crippen LogP contribution in [0.25, 0.3) is 0 Å². The molecule has 2 saturated heterocycles. The number of benzene rings is 1. The van der Waals surface area contributed by atoms with Crippen molar-refractivity contribution in [3.05, 3.63) is 66.3 Å². The predicted octanol–water partition coefficient (Wildman–Crippen LogP) is 5.35. The Balaban J connectivity index is 1.14. The largest absolute Gasteiger partial charge is 0.481 e. The highest BCUT2D eigenvalue weighted by Crippen LogP contribution is 2.41. The minimum atomic E-state index is -0.802. The monoisotopic (exact) mass is 607 g/mol. The van der Waals surface area contributed by atoms with Crippen molar-refractivity contribution in [2.45, 2.75) is 89.5 Å². The molecule has 10 heteroatoms. The van der Waals surface area contributed by atoms with E-state index < -0.39 is 5.97 Å². The van der Waals surface area contributed by atoms with Crippen LogP contribution in [-0.2, 0) is 31.0 Å². The summed E-state index contributed by atoms with van der Waals surface area (Å²) in [4.78, 5) is 32.3. The van der Waals surface area contributed by atoms with E-state index in [1.165, 1.54) is 70.0 Å². The van der Waals surface area contributed by atoms with E-state index in [1.54, 1.807) is 6.20 Å². The maximum atomic E-state index is 11.0. The van der Waals surface area contributed by atoms with Gasteiger partial charge in [0.15, 0.2) is 0 Å². The number of aromatic amines is 1. The molecule has 0 bridgehead atoms. The lowest BCUT2D eigenvalue weighted by Gasteiger charge is -2.42. The summed E-state index contributed by atoms with van der Waals surface area (Å²) in [6, 6.07) is 8.94. The molecule has 43 heavy (non-hydrogen) atoms. The van der Waals surface area contributed by atoms with Gasteiger partial charge >= 0.3 is 5.97 Å². The molecule has 0 radical (unpaired) electrons. The Morgan fingerprint density at radius 3 is 2.63 bits per heavy atom. The highest BCUT2D eigenvalue weighted by atomic mass is 32.2. The third kappa shape index (κ3) is 8.94. The van der Waals surface area contributed by atoms with Gasteiger partial charge in [0.2, 0.25) is 0 Å².